The Hall–Kier alpha value is -1.81. The van der Waals surface area contributed by atoms with E-state index in [1.54, 1.807) is 0 Å². The fraction of sp³-hybridized carbons (Fsp3) is 0. The number of fused-ring (bicyclic) bond motifs is 2. The van der Waals surface area contributed by atoms with Crippen molar-refractivity contribution >= 4 is 43.4 Å². The number of anilines is 1. The number of nitrogens with two attached hydrogens (primary N) is 1. The van der Waals surface area contributed by atoms with Gasteiger partial charge in [-0.2, -0.15) is 0 Å². The van der Waals surface area contributed by atoms with E-state index in [-0.39, 0.29) is 4.47 Å². The minimum atomic E-state index is -0.453. The molecule has 0 saturated heterocycles. The first kappa shape index (κ1) is 10.4. The van der Waals surface area contributed by atoms with Crippen LogP contribution in [0.3, 0.4) is 0 Å². The number of rotatable bonds is 0. The van der Waals surface area contributed by atoms with Gasteiger partial charge < -0.3 is 10.2 Å². The first-order chi connectivity index (χ1) is 8.16. The van der Waals surface area contributed by atoms with Crippen LogP contribution in [-0.4, -0.2) is 0 Å². The average molecular weight is 290 g/mol. The summed E-state index contributed by atoms with van der Waals surface area (Å²) in [4.78, 5) is 11.5. The maximum atomic E-state index is 11.5. The minimum Gasteiger partial charge on any atom is -0.422 e. The predicted molar refractivity (Wildman–Crippen MR) is 72.1 cm³/mol. The normalized spacial score (nSPS) is 11.1. The molecule has 84 valence electrons. The van der Waals surface area contributed by atoms with Crippen LogP contribution in [0.5, 0.6) is 0 Å². The quantitative estimate of drug-likeness (QED) is 0.510. The molecule has 2 N–H and O–H groups in total. The van der Waals surface area contributed by atoms with Crippen molar-refractivity contribution in [2.45, 2.75) is 0 Å². The van der Waals surface area contributed by atoms with Gasteiger partial charge in [0, 0.05) is 5.39 Å². The van der Waals surface area contributed by atoms with Gasteiger partial charge in [0.1, 0.15) is 10.1 Å². The SMILES string of the molecule is Nc1c(Br)c(=O)oc2cc3ccccc3cc12. The molecule has 0 atom stereocenters. The van der Waals surface area contributed by atoms with Crippen molar-refractivity contribution in [2.24, 2.45) is 0 Å². The van der Waals surface area contributed by atoms with E-state index in [1.165, 1.54) is 0 Å². The van der Waals surface area contributed by atoms with Crippen LogP contribution >= 0.6 is 15.9 Å². The molecule has 1 aromatic heterocycles. The van der Waals surface area contributed by atoms with Gasteiger partial charge in [-0.25, -0.2) is 4.79 Å². The first-order valence-electron chi connectivity index (χ1n) is 5.07. The molecule has 3 aromatic rings. The summed E-state index contributed by atoms with van der Waals surface area (Å²) in [7, 11) is 0. The smallest absolute Gasteiger partial charge is 0.352 e. The van der Waals surface area contributed by atoms with Crippen LogP contribution in [0.25, 0.3) is 21.7 Å². The van der Waals surface area contributed by atoms with Crippen molar-refractivity contribution in [3.05, 3.63) is 51.3 Å². The van der Waals surface area contributed by atoms with Crippen LogP contribution in [0.2, 0.25) is 0 Å². The standard InChI is InChI=1S/C13H8BrNO2/c14-11-12(15)9-5-7-3-1-2-4-8(7)6-10(9)17-13(11)16/h1-6H,15H2. The van der Waals surface area contributed by atoms with Crippen molar-refractivity contribution < 1.29 is 4.42 Å². The molecule has 3 rings (SSSR count). The second-order valence-electron chi connectivity index (χ2n) is 3.81. The van der Waals surface area contributed by atoms with Gasteiger partial charge in [0.2, 0.25) is 0 Å². The molecule has 17 heavy (non-hydrogen) atoms. The molecule has 0 fully saturated rings. The van der Waals surface area contributed by atoms with Crippen molar-refractivity contribution in [1.82, 2.24) is 0 Å². The Bertz CT molecular complexity index is 792. The third-order valence-corrected chi connectivity index (χ3v) is 3.51. The van der Waals surface area contributed by atoms with E-state index in [2.05, 4.69) is 15.9 Å². The van der Waals surface area contributed by atoms with Crippen LogP contribution in [0, 0.1) is 0 Å². The van der Waals surface area contributed by atoms with Gasteiger partial charge >= 0.3 is 5.63 Å². The third kappa shape index (κ3) is 1.52. The summed E-state index contributed by atoms with van der Waals surface area (Å²) in [6.45, 7) is 0. The highest BCUT2D eigenvalue weighted by Gasteiger charge is 2.10. The van der Waals surface area contributed by atoms with Gasteiger partial charge in [-0.3, -0.25) is 0 Å². The molecule has 0 aliphatic carbocycles. The first-order valence-corrected chi connectivity index (χ1v) is 5.87. The lowest BCUT2D eigenvalue weighted by Crippen LogP contribution is -2.04. The molecular formula is C13H8BrNO2. The van der Waals surface area contributed by atoms with Crippen molar-refractivity contribution in [3.8, 4) is 0 Å². The van der Waals surface area contributed by atoms with Crippen LogP contribution in [0.1, 0.15) is 0 Å². The summed E-state index contributed by atoms with van der Waals surface area (Å²) >= 11 is 3.13. The topological polar surface area (TPSA) is 56.2 Å². The molecule has 3 nitrogen and oxygen atoms in total. The molecule has 0 saturated carbocycles. The summed E-state index contributed by atoms with van der Waals surface area (Å²) in [5.74, 6) is 0. The van der Waals surface area contributed by atoms with Crippen molar-refractivity contribution in [3.63, 3.8) is 0 Å². The van der Waals surface area contributed by atoms with Gasteiger partial charge in [-0.05, 0) is 38.8 Å². The fourth-order valence-corrected chi connectivity index (χ4v) is 2.18. The van der Waals surface area contributed by atoms with Gasteiger partial charge in [0.15, 0.2) is 0 Å². The number of hydrogen-bond acceptors (Lipinski definition) is 3. The van der Waals surface area contributed by atoms with E-state index >= 15 is 0 Å². The van der Waals surface area contributed by atoms with Gasteiger partial charge in [0.25, 0.3) is 0 Å². The monoisotopic (exact) mass is 289 g/mol. The largest absolute Gasteiger partial charge is 0.422 e. The molecule has 4 heteroatoms. The Morgan fingerprint density at radius 2 is 1.76 bits per heavy atom. The Kier molecular flexibility index (Phi) is 2.19. The summed E-state index contributed by atoms with van der Waals surface area (Å²) < 4.78 is 5.48. The zero-order valence-corrected chi connectivity index (χ0v) is 10.3. The maximum absolute atomic E-state index is 11.5. The highest BCUT2D eigenvalue weighted by Crippen LogP contribution is 2.29. The Morgan fingerprint density at radius 1 is 1.12 bits per heavy atom. The van der Waals surface area contributed by atoms with Gasteiger partial charge in [-0.15, -0.1) is 0 Å². The van der Waals surface area contributed by atoms with E-state index in [0.717, 1.165) is 16.2 Å². The second kappa shape index (κ2) is 3.60. The van der Waals surface area contributed by atoms with E-state index in [1.807, 2.05) is 36.4 Å². The summed E-state index contributed by atoms with van der Waals surface area (Å²) in [6.07, 6.45) is 0. The molecule has 0 aliphatic rings. The zero-order valence-electron chi connectivity index (χ0n) is 8.74. The lowest BCUT2D eigenvalue weighted by Gasteiger charge is -2.04. The van der Waals surface area contributed by atoms with Crippen LogP contribution in [0.4, 0.5) is 5.69 Å². The molecule has 0 radical (unpaired) electrons. The van der Waals surface area contributed by atoms with Gasteiger partial charge in [0.05, 0.1) is 5.69 Å². The van der Waals surface area contributed by atoms with E-state index < -0.39 is 5.63 Å². The molecule has 1 heterocycles. The third-order valence-electron chi connectivity index (χ3n) is 2.76. The van der Waals surface area contributed by atoms with Crippen molar-refractivity contribution in [2.75, 3.05) is 5.73 Å². The highest BCUT2D eigenvalue weighted by molar-refractivity contribution is 9.10. The molecule has 0 unspecified atom stereocenters. The average Bonchev–Trinajstić information content (AvgIpc) is 2.34. The van der Waals surface area contributed by atoms with Gasteiger partial charge in [-0.1, -0.05) is 24.3 Å². The minimum absolute atomic E-state index is 0.278. The van der Waals surface area contributed by atoms with Crippen LogP contribution < -0.4 is 11.4 Å². The zero-order chi connectivity index (χ0) is 12.0. The molecule has 0 bridgehead atoms. The van der Waals surface area contributed by atoms with E-state index in [0.29, 0.717) is 11.3 Å². The summed E-state index contributed by atoms with van der Waals surface area (Å²) in [5, 5.41) is 2.83. The number of hydrogen-bond donors (Lipinski definition) is 1. The Morgan fingerprint density at radius 3 is 2.47 bits per heavy atom. The lowest BCUT2D eigenvalue weighted by molar-refractivity contribution is 0.558. The second-order valence-corrected chi connectivity index (χ2v) is 4.61. The van der Waals surface area contributed by atoms with E-state index in [9.17, 15) is 4.79 Å². The maximum Gasteiger partial charge on any atom is 0.352 e. The molecule has 0 aliphatic heterocycles. The number of nitrogen functional groups attached to an aromatic ring is 1. The van der Waals surface area contributed by atoms with Crippen LogP contribution in [-0.2, 0) is 0 Å². The molecule has 2 aromatic carbocycles. The number of halogens is 1. The Labute approximate surface area is 105 Å². The highest BCUT2D eigenvalue weighted by atomic mass is 79.9. The lowest BCUT2D eigenvalue weighted by atomic mass is 10.1. The summed E-state index contributed by atoms with van der Waals surface area (Å²) in [6, 6.07) is 11.6. The number of benzene rings is 2. The predicted octanol–water partition coefficient (Wildman–Crippen LogP) is 3.29. The molecule has 0 amide bonds. The Balaban J connectivity index is 2.57. The van der Waals surface area contributed by atoms with Crippen molar-refractivity contribution in [1.29, 1.82) is 0 Å². The summed E-state index contributed by atoms with van der Waals surface area (Å²) in [5.41, 5.74) is 6.38. The van der Waals surface area contributed by atoms with Crippen LogP contribution in [0.15, 0.2) is 50.1 Å². The molecular weight excluding hydrogens is 282 g/mol. The van der Waals surface area contributed by atoms with E-state index in [4.69, 9.17) is 10.2 Å². The fourth-order valence-electron chi connectivity index (χ4n) is 1.89. The molecule has 0 spiro atoms.